The average molecular weight is 400 g/mol. The quantitative estimate of drug-likeness (QED) is 0.631. The van der Waals surface area contributed by atoms with Crippen LogP contribution in [0.15, 0.2) is 36.4 Å². The van der Waals surface area contributed by atoms with Crippen LogP contribution in [0.2, 0.25) is 0 Å². The average Bonchev–Trinajstić information content (AvgIpc) is 2.71. The number of amides is 1. The number of hydrogen-bond donors (Lipinski definition) is 3. The first kappa shape index (κ1) is 21.0. The molecule has 1 amide bonds. The number of nitrogens with one attached hydrogen (secondary N) is 2. The lowest BCUT2D eigenvalue weighted by atomic mass is 9.92. The van der Waals surface area contributed by atoms with Crippen LogP contribution in [-0.2, 0) is 11.2 Å². The number of carbonyl (C=O) groups is 1. The summed E-state index contributed by atoms with van der Waals surface area (Å²) < 4.78 is 16.3. The van der Waals surface area contributed by atoms with Gasteiger partial charge in [-0.05, 0) is 44.0 Å². The number of fused-ring (bicyclic) bond motifs is 1. The maximum Gasteiger partial charge on any atom is 0.262 e. The van der Waals surface area contributed by atoms with Crippen molar-refractivity contribution < 1.29 is 24.1 Å². The van der Waals surface area contributed by atoms with E-state index >= 15 is 0 Å². The van der Waals surface area contributed by atoms with Gasteiger partial charge in [0.05, 0.1) is 32.6 Å². The van der Waals surface area contributed by atoms with Gasteiger partial charge in [0.25, 0.3) is 5.91 Å². The van der Waals surface area contributed by atoms with Crippen molar-refractivity contribution in [2.75, 3.05) is 32.8 Å². The molecule has 0 saturated heterocycles. The van der Waals surface area contributed by atoms with Gasteiger partial charge in [0.15, 0.2) is 6.61 Å². The van der Waals surface area contributed by atoms with Crippen LogP contribution < -0.4 is 24.8 Å². The summed E-state index contributed by atoms with van der Waals surface area (Å²) in [5.74, 6) is 1.73. The number of methoxy groups -OCH3 is 2. The first-order chi connectivity index (χ1) is 13.8. The molecule has 1 heterocycles. The Bertz CT molecular complexity index is 864. The highest BCUT2D eigenvalue weighted by molar-refractivity contribution is 5.96. The summed E-state index contributed by atoms with van der Waals surface area (Å²) in [6.45, 7) is 3.97. The van der Waals surface area contributed by atoms with E-state index in [1.165, 1.54) is 0 Å². The molecule has 1 aliphatic heterocycles. The Balaban J connectivity index is 1.84. The second kappa shape index (κ2) is 8.71. The van der Waals surface area contributed by atoms with Crippen LogP contribution in [0.5, 0.6) is 17.2 Å². The Morgan fingerprint density at radius 3 is 2.48 bits per heavy atom. The summed E-state index contributed by atoms with van der Waals surface area (Å²) in [6, 6.07) is 11.1. The molecule has 1 unspecified atom stereocenters. The minimum Gasteiger partial charge on any atom is -0.497 e. The van der Waals surface area contributed by atoms with Crippen LogP contribution in [-0.4, -0.2) is 44.0 Å². The SMILES string of the molecule is COc1ccc(CC(C)(C)NC(CO)c2cc(OC)cc3c2OCC(=O)N3)cc1. The zero-order valence-electron chi connectivity index (χ0n) is 17.2. The van der Waals surface area contributed by atoms with Crippen molar-refractivity contribution in [3.63, 3.8) is 0 Å². The molecule has 0 bridgehead atoms. The summed E-state index contributed by atoms with van der Waals surface area (Å²) >= 11 is 0. The van der Waals surface area contributed by atoms with Crippen molar-refractivity contribution in [1.82, 2.24) is 5.32 Å². The van der Waals surface area contributed by atoms with Crippen LogP contribution >= 0.6 is 0 Å². The highest BCUT2D eigenvalue weighted by Crippen LogP contribution is 2.39. The molecule has 7 nitrogen and oxygen atoms in total. The minimum atomic E-state index is -0.401. The zero-order chi connectivity index (χ0) is 21.0. The third-order valence-electron chi connectivity index (χ3n) is 4.88. The van der Waals surface area contributed by atoms with Crippen LogP contribution in [0.3, 0.4) is 0 Å². The van der Waals surface area contributed by atoms with Gasteiger partial charge in [0.1, 0.15) is 17.2 Å². The summed E-state index contributed by atoms with van der Waals surface area (Å²) in [5, 5.41) is 16.5. The molecule has 0 aromatic heterocycles. The predicted octanol–water partition coefficient (Wildman–Crippen LogP) is 2.68. The van der Waals surface area contributed by atoms with E-state index in [0.29, 0.717) is 17.2 Å². The van der Waals surface area contributed by atoms with Gasteiger partial charge in [-0.3, -0.25) is 4.79 Å². The van der Waals surface area contributed by atoms with E-state index in [9.17, 15) is 9.90 Å². The molecule has 0 fully saturated rings. The van der Waals surface area contributed by atoms with Crippen LogP contribution in [0.1, 0.15) is 31.0 Å². The number of aliphatic hydroxyl groups excluding tert-OH is 1. The summed E-state index contributed by atoms with van der Waals surface area (Å²) in [5.41, 5.74) is 2.11. The normalized spacial score (nSPS) is 14.4. The second-order valence-electron chi connectivity index (χ2n) is 7.72. The molecule has 1 atom stereocenters. The van der Waals surface area contributed by atoms with Crippen molar-refractivity contribution in [2.24, 2.45) is 0 Å². The molecule has 0 radical (unpaired) electrons. The van der Waals surface area contributed by atoms with E-state index in [1.807, 2.05) is 30.3 Å². The van der Waals surface area contributed by atoms with E-state index in [0.717, 1.165) is 23.3 Å². The van der Waals surface area contributed by atoms with Crippen molar-refractivity contribution in [2.45, 2.75) is 31.8 Å². The minimum absolute atomic E-state index is 0.0558. The number of hydrogen-bond acceptors (Lipinski definition) is 6. The molecule has 156 valence electrons. The third kappa shape index (κ3) is 4.99. The largest absolute Gasteiger partial charge is 0.497 e. The Morgan fingerprint density at radius 1 is 1.17 bits per heavy atom. The number of carbonyl (C=O) groups excluding carboxylic acids is 1. The number of rotatable bonds is 8. The number of ether oxygens (including phenoxy) is 3. The summed E-state index contributed by atoms with van der Waals surface area (Å²) in [6.07, 6.45) is 0.747. The van der Waals surface area contributed by atoms with E-state index in [2.05, 4.69) is 24.5 Å². The van der Waals surface area contributed by atoms with E-state index in [1.54, 1.807) is 20.3 Å². The highest BCUT2D eigenvalue weighted by atomic mass is 16.5. The Morgan fingerprint density at radius 2 is 1.86 bits per heavy atom. The van der Waals surface area contributed by atoms with E-state index in [-0.39, 0.29) is 24.7 Å². The standard InChI is InChI=1S/C22H28N2O5/c1-22(2,11-14-5-7-15(27-3)8-6-14)24-19(12-25)17-9-16(28-4)10-18-21(17)29-13-20(26)23-18/h5-10,19,24-25H,11-13H2,1-4H3,(H,23,26). The first-order valence-corrected chi connectivity index (χ1v) is 9.51. The smallest absolute Gasteiger partial charge is 0.262 e. The van der Waals surface area contributed by atoms with E-state index < -0.39 is 6.04 Å². The monoisotopic (exact) mass is 400 g/mol. The van der Waals surface area contributed by atoms with Crippen LogP contribution in [0.4, 0.5) is 5.69 Å². The molecule has 29 heavy (non-hydrogen) atoms. The molecule has 0 spiro atoms. The lowest BCUT2D eigenvalue weighted by Gasteiger charge is -2.33. The molecule has 0 aliphatic carbocycles. The van der Waals surface area contributed by atoms with Crippen LogP contribution in [0.25, 0.3) is 0 Å². The van der Waals surface area contributed by atoms with Gasteiger partial charge in [-0.2, -0.15) is 0 Å². The Kier molecular flexibility index (Phi) is 6.30. The van der Waals surface area contributed by atoms with E-state index in [4.69, 9.17) is 14.2 Å². The Hall–Kier alpha value is -2.77. The molecular formula is C22H28N2O5. The van der Waals surface area contributed by atoms with Crippen LogP contribution in [0, 0.1) is 0 Å². The summed E-state index contributed by atoms with van der Waals surface area (Å²) in [7, 11) is 3.21. The molecule has 2 aromatic rings. The van der Waals surface area contributed by atoms with Gasteiger partial charge in [-0.15, -0.1) is 0 Å². The van der Waals surface area contributed by atoms with Gasteiger partial charge >= 0.3 is 0 Å². The van der Waals surface area contributed by atoms with Gasteiger partial charge in [-0.1, -0.05) is 12.1 Å². The number of anilines is 1. The highest BCUT2D eigenvalue weighted by Gasteiger charge is 2.29. The molecule has 1 aliphatic rings. The molecule has 3 rings (SSSR count). The molecule has 0 saturated carbocycles. The number of aliphatic hydroxyl groups is 1. The lowest BCUT2D eigenvalue weighted by Crippen LogP contribution is -2.45. The van der Waals surface area contributed by atoms with Gasteiger partial charge in [0, 0.05) is 17.2 Å². The molecule has 3 N–H and O–H groups in total. The van der Waals surface area contributed by atoms with Gasteiger partial charge in [-0.25, -0.2) is 0 Å². The van der Waals surface area contributed by atoms with Gasteiger partial charge < -0.3 is 30.0 Å². The van der Waals surface area contributed by atoms with Crippen molar-refractivity contribution >= 4 is 11.6 Å². The van der Waals surface area contributed by atoms with Gasteiger partial charge in [0.2, 0.25) is 0 Å². The fourth-order valence-electron chi connectivity index (χ4n) is 3.58. The lowest BCUT2D eigenvalue weighted by molar-refractivity contribution is -0.118. The number of benzene rings is 2. The molecule has 2 aromatic carbocycles. The fraction of sp³-hybridized carbons (Fsp3) is 0.409. The summed E-state index contributed by atoms with van der Waals surface area (Å²) in [4.78, 5) is 11.7. The zero-order valence-corrected chi connectivity index (χ0v) is 17.2. The third-order valence-corrected chi connectivity index (χ3v) is 4.88. The topological polar surface area (TPSA) is 89.1 Å². The fourth-order valence-corrected chi connectivity index (χ4v) is 3.58. The van der Waals surface area contributed by atoms with Crippen molar-refractivity contribution in [3.8, 4) is 17.2 Å². The van der Waals surface area contributed by atoms with Crippen molar-refractivity contribution in [3.05, 3.63) is 47.5 Å². The second-order valence-corrected chi connectivity index (χ2v) is 7.72. The maximum atomic E-state index is 11.7. The maximum absolute atomic E-state index is 11.7. The molecule has 7 heteroatoms. The van der Waals surface area contributed by atoms with Crippen molar-refractivity contribution in [1.29, 1.82) is 0 Å². The predicted molar refractivity (Wildman–Crippen MR) is 111 cm³/mol. The first-order valence-electron chi connectivity index (χ1n) is 9.51. The molecular weight excluding hydrogens is 372 g/mol. The Labute approximate surface area is 171 Å².